The van der Waals surface area contributed by atoms with E-state index in [1.54, 1.807) is 0 Å². The summed E-state index contributed by atoms with van der Waals surface area (Å²) in [7, 11) is 0. The highest BCUT2D eigenvalue weighted by molar-refractivity contribution is 6.36. The molecular weight excluding hydrogens is 360 g/mol. The van der Waals surface area contributed by atoms with Gasteiger partial charge in [-0.2, -0.15) is 0 Å². The van der Waals surface area contributed by atoms with Gasteiger partial charge in [-0.15, -0.1) is 0 Å². The van der Waals surface area contributed by atoms with Crippen molar-refractivity contribution in [3.8, 4) is 33.4 Å². The van der Waals surface area contributed by atoms with E-state index in [1.807, 2.05) is 6.07 Å². The van der Waals surface area contributed by atoms with E-state index < -0.39 is 0 Å². The number of fused-ring (bicyclic) bond motifs is 3. The minimum Gasteiger partial charge on any atom is -0.0830 e. The van der Waals surface area contributed by atoms with Crippen molar-refractivity contribution in [2.75, 3.05) is 0 Å². The van der Waals surface area contributed by atoms with Crippen LogP contribution in [-0.2, 0) is 5.41 Å². The molecule has 0 saturated carbocycles. The molecule has 28 heavy (non-hydrogen) atoms. The molecule has 4 aromatic carbocycles. The zero-order chi connectivity index (χ0) is 19.3. The van der Waals surface area contributed by atoms with E-state index in [1.165, 1.54) is 27.8 Å². The molecule has 0 N–H and O–H groups in total. The SMILES string of the molecule is CC1(C)c2ccccc2-c2c(-c3cccc(-c4ccccc4)c3Cl)cccc21. The van der Waals surface area contributed by atoms with Crippen LogP contribution in [0.5, 0.6) is 0 Å². The lowest BCUT2D eigenvalue weighted by atomic mass is 9.82. The van der Waals surface area contributed by atoms with Gasteiger partial charge in [0.2, 0.25) is 0 Å². The molecule has 0 atom stereocenters. The van der Waals surface area contributed by atoms with Crippen LogP contribution in [0, 0.1) is 0 Å². The molecule has 0 aliphatic heterocycles. The third-order valence-corrected chi connectivity index (χ3v) is 6.39. The Morgan fingerprint density at radius 2 is 1.11 bits per heavy atom. The van der Waals surface area contributed by atoms with Crippen molar-refractivity contribution in [1.29, 1.82) is 0 Å². The van der Waals surface area contributed by atoms with Gasteiger partial charge in [0, 0.05) is 16.5 Å². The van der Waals surface area contributed by atoms with E-state index in [2.05, 4.69) is 98.8 Å². The number of benzene rings is 4. The van der Waals surface area contributed by atoms with Gasteiger partial charge in [-0.1, -0.05) is 116 Å². The van der Waals surface area contributed by atoms with Gasteiger partial charge in [-0.3, -0.25) is 0 Å². The second-order valence-electron chi connectivity index (χ2n) is 7.93. The predicted octanol–water partition coefficient (Wildman–Crippen LogP) is 7.98. The largest absolute Gasteiger partial charge is 0.0830 e. The van der Waals surface area contributed by atoms with Crippen molar-refractivity contribution in [1.82, 2.24) is 0 Å². The lowest BCUT2D eigenvalue weighted by Gasteiger charge is -2.21. The highest BCUT2D eigenvalue weighted by Crippen LogP contribution is 2.53. The van der Waals surface area contributed by atoms with Crippen LogP contribution in [-0.4, -0.2) is 0 Å². The zero-order valence-electron chi connectivity index (χ0n) is 16.0. The first-order valence-corrected chi connectivity index (χ1v) is 10.0. The molecule has 1 aliphatic rings. The van der Waals surface area contributed by atoms with Crippen LogP contribution in [0.15, 0.2) is 91.0 Å². The summed E-state index contributed by atoms with van der Waals surface area (Å²) in [6, 6.07) is 32.1. The molecule has 0 unspecified atom stereocenters. The molecule has 0 nitrogen and oxygen atoms in total. The number of hydrogen-bond acceptors (Lipinski definition) is 0. The molecule has 5 rings (SSSR count). The van der Waals surface area contributed by atoms with E-state index >= 15 is 0 Å². The molecule has 136 valence electrons. The van der Waals surface area contributed by atoms with Gasteiger partial charge < -0.3 is 0 Å². The summed E-state index contributed by atoms with van der Waals surface area (Å²) >= 11 is 6.98. The van der Waals surface area contributed by atoms with Crippen molar-refractivity contribution >= 4 is 11.6 Å². The molecule has 0 heterocycles. The average molecular weight is 381 g/mol. The van der Waals surface area contributed by atoms with Crippen LogP contribution < -0.4 is 0 Å². The summed E-state index contributed by atoms with van der Waals surface area (Å²) in [5, 5.41) is 0.810. The van der Waals surface area contributed by atoms with E-state index in [0.717, 1.165) is 21.7 Å². The van der Waals surface area contributed by atoms with Gasteiger partial charge >= 0.3 is 0 Å². The van der Waals surface area contributed by atoms with Crippen LogP contribution in [0.2, 0.25) is 5.02 Å². The summed E-state index contributed by atoms with van der Waals surface area (Å²) in [6.07, 6.45) is 0. The molecule has 0 saturated heterocycles. The highest BCUT2D eigenvalue weighted by Gasteiger charge is 2.36. The Kier molecular flexibility index (Phi) is 3.92. The van der Waals surface area contributed by atoms with Gasteiger partial charge in [0.1, 0.15) is 0 Å². The number of hydrogen-bond donors (Lipinski definition) is 0. The van der Waals surface area contributed by atoms with Gasteiger partial charge in [-0.05, 0) is 33.4 Å². The average Bonchev–Trinajstić information content (AvgIpc) is 2.97. The molecule has 0 radical (unpaired) electrons. The fraction of sp³-hybridized carbons (Fsp3) is 0.111. The molecule has 0 amide bonds. The van der Waals surface area contributed by atoms with Crippen LogP contribution in [0.4, 0.5) is 0 Å². The summed E-state index contributed by atoms with van der Waals surface area (Å²) < 4.78 is 0. The Morgan fingerprint density at radius 3 is 1.93 bits per heavy atom. The van der Waals surface area contributed by atoms with Crippen LogP contribution in [0.25, 0.3) is 33.4 Å². The smallest absolute Gasteiger partial charge is 0.0562 e. The monoisotopic (exact) mass is 380 g/mol. The van der Waals surface area contributed by atoms with Crippen molar-refractivity contribution in [2.45, 2.75) is 19.3 Å². The van der Waals surface area contributed by atoms with E-state index in [-0.39, 0.29) is 5.41 Å². The zero-order valence-corrected chi connectivity index (χ0v) is 16.8. The third kappa shape index (κ3) is 2.45. The Hall–Kier alpha value is -2.83. The molecule has 0 spiro atoms. The standard InChI is InChI=1S/C27H21Cl/c1-27(2)23-16-7-6-12-22(23)25-20(14-9-17-24(25)27)21-15-8-13-19(26(21)28)18-10-4-3-5-11-18/h3-17H,1-2H3. The summed E-state index contributed by atoms with van der Waals surface area (Å²) in [4.78, 5) is 0. The third-order valence-electron chi connectivity index (χ3n) is 5.98. The Bertz CT molecular complexity index is 1190. The fourth-order valence-electron chi connectivity index (χ4n) is 4.56. The molecule has 0 bridgehead atoms. The summed E-state index contributed by atoms with van der Waals surface area (Å²) in [6.45, 7) is 4.62. The first-order valence-electron chi connectivity index (χ1n) is 9.67. The Labute approximate surface area is 171 Å². The first kappa shape index (κ1) is 17.3. The maximum atomic E-state index is 6.98. The van der Waals surface area contributed by atoms with Gasteiger partial charge in [0.25, 0.3) is 0 Å². The van der Waals surface area contributed by atoms with Crippen molar-refractivity contribution in [3.63, 3.8) is 0 Å². The normalized spacial score (nSPS) is 13.8. The quantitative estimate of drug-likeness (QED) is 0.330. The molecule has 0 aromatic heterocycles. The van der Waals surface area contributed by atoms with Crippen LogP contribution >= 0.6 is 11.6 Å². The lowest BCUT2D eigenvalue weighted by Crippen LogP contribution is -2.14. The van der Waals surface area contributed by atoms with Crippen LogP contribution in [0.1, 0.15) is 25.0 Å². The van der Waals surface area contributed by atoms with E-state index in [0.29, 0.717) is 0 Å². The second-order valence-corrected chi connectivity index (χ2v) is 8.31. The maximum Gasteiger partial charge on any atom is 0.0562 e. The molecule has 1 aliphatic carbocycles. The van der Waals surface area contributed by atoms with Crippen molar-refractivity contribution in [2.24, 2.45) is 0 Å². The van der Waals surface area contributed by atoms with E-state index in [4.69, 9.17) is 11.6 Å². The lowest BCUT2D eigenvalue weighted by molar-refractivity contribution is 0.660. The molecule has 4 aromatic rings. The minimum absolute atomic E-state index is 0.00848. The van der Waals surface area contributed by atoms with Crippen molar-refractivity contribution in [3.05, 3.63) is 107 Å². The second kappa shape index (κ2) is 6.36. The Morgan fingerprint density at radius 1 is 0.536 bits per heavy atom. The van der Waals surface area contributed by atoms with Crippen molar-refractivity contribution < 1.29 is 0 Å². The van der Waals surface area contributed by atoms with Gasteiger partial charge in [0.05, 0.1) is 5.02 Å². The summed E-state index contributed by atoms with van der Waals surface area (Å²) in [5.41, 5.74) is 9.89. The minimum atomic E-state index is -0.00848. The van der Waals surface area contributed by atoms with Gasteiger partial charge in [0.15, 0.2) is 0 Å². The fourth-order valence-corrected chi connectivity index (χ4v) is 4.90. The molecule has 1 heteroatoms. The number of halogens is 1. The highest BCUT2D eigenvalue weighted by atomic mass is 35.5. The van der Waals surface area contributed by atoms with Crippen LogP contribution in [0.3, 0.4) is 0 Å². The molecule has 0 fully saturated rings. The summed E-state index contributed by atoms with van der Waals surface area (Å²) in [5.74, 6) is 0. The molecular formula is C27H21Cl. The topological polar surface area (TPSA) is 0 Å². The predicted molar refractivity (Wildman–Crippen MR) is 120 cm³/mol. The first-order chi connectivity index (χ1) is 13.6. The maximum absolute atomic E-state index is 6.98. The Balaban J connectivity index is 1.78. The van der Waals surface area contributed by atoms with Gasteiger partial charge in [-0.25, -0.2) is 0 Å². The van der Waals surface area contributed by atoms with E-state index in [9.17, 15) is 0 Å². The number of rotatable bonds is 2.